The molecule has 0 aliphatic carbocycles. The summed E-state index contributed by atoms with van der Waals surface area (Å²) in [5.41, 5.74) is 0.714. The van der Waals surface area contributed by atoms with Gasteiger partial charge in [-0.1, -0.05) is 13.8 Å². The predicted molar refractivity (Wildman–Crippen MR) is 77.8 cm³/mol. The highest BCUT2D eigenvalue weighted by atomic mass is 32.2. The molecule has 0 aromatic rings. The van der Waals surface area contributed by atoms with Gasteiger partial charge in [0, 0.05) is 31.9 Å². The first kappa shape index (κ1) is 13.7. The standard InChI is InChI=1S/C14H28N2S/c1-13(2)10-15-6-4-14(5-7-15)11-16(12-14)8-9-17-3/h13H,4-12H2,1-3H3. The van der Waals surface area contributed by atoms with Crippen LogP contribution in [0.5, 0.6) is 0 Å². The summed E-state index contributed by atoms with van der Waals surface area (Å²) in [5, 5.41) is 0. The fourth-order valence-electron chi connectivity index (χ4n) is 3.32. The number of likely N-dealkylation sites (tertiary alicyclic amines) is 2. The Morgan fingerprint density at radius 3 is 2.29 bits per heavy atom. The number of piperidine rings is 1. The normalized spacial score (nSPS) is 25.4. The van der Waals surface area contributed by atoms with E-state index < -0.39 is 0 Å². The van der Waals surface area contributed by atoms with Crippen molar-refractivity contribution in [2.24, 2.45) is 11.3 Å². The first-order valence-electron chi connectivity index (χ1n) is 7.07. The quantitative estimate of drug-likeness (QED) is 0.746. The first-order chi connectivity index (χ1) is 8.13. The summed E-state index contributed by atoms with van der Waals surface area (Å²) < 4.78 is 0. The van der Waals surface area contributed by atoms with Crippen LogP contribution in [0.3, 0.4) is 0 Å². The molecule has 0 aromatic carbocycles. The maximum Gasteiger partial charge on any atom is 0.00727 e. The molecule has 1 spiro atoms. The molecule has 0 unspecified atom stereocenters. The molecule has 0 saturated carbocycles. The van der Waals surface area contributed by atoms with Gasteiger partial charge < -0.3 is 9.80 Å². The highest BCUT2D eigenvalue weighted by Gasteiger charge is 2.44. The fourth-order valence-corrected chi connectivity index (χ4v) is 3.76. The van der Waals surface area contributed by atoms with Gasteiger partial charge in [-0.25, -0.2) is 0 Å². The Hall–Kier alpha value is 0.270. The average molecular weight is 256 g/mol. The second kappa shape index (κ2) is 5.94. The van der Waals surface area contributed by atoms with Gasteiger partial charge in [-0.3, -0.25) is 0 Å². The number of hydrogen-bond donors (Lipinski definition) is 0. The van der Waals surface area contributed by atoms with Crippen LogP contribution >= 0.6 is 11.8 Å². The van der Waals surface area contributed by atoms with Crippen LogP contribution in [0, 0.1) is 11.3 Å². The van der Waals surface area contributed by atoms with Crippen molar-refractivity contribution in [1.29, 1.82) is 0 Å². The minimum Gasteiger partial charge on any atom is -0.303 e. The molecule has 0 amide bonds. The van der Waals surface area contributed by atoms with Crippen LogP contribution in [-0.2, 0) is 0 Å². The summed E-state index contributed by atoms with van der Waals surface area (Å²) >= 11 is 1.97. The molecule has 3 heteroatoms. The molecular weight excluding hydrogens is 228 g/mol. The third-order valence-corrected chi connectivity index (χ3v) is 4.86. The first-order valence-corrected chi connectivity index (χ1v) is 8.47. The number of nitrogens with zero attached hydrogens (tertiary/aromatic N) is 2. The summed E-state index contributed by atoms with van der Waals surface area (Å²) in [4.78, 5) is 5.31. The Morgan fingerprint density at radius 1 is 1.12 bits per heavy atom. The van der Waals surface area contributed by atoms with Gasteiger partial charge in [-0.15, -0.1) is 0 Å². The van der Waals surface area contributed by atoms with Crippen LogP contribution in [0.15, 0.2) is 0 Å². The molecule has 2 rings (SSSR count). The second-order valence-electron chi connectivity index (χ2n) is 6.40. The maximum absolute atomic E-state index is 2.67. The van der Waals surface area contributed by atoms with E-state index in [-0.39, 0.29) is 0 Å². The van der Waals surface area contributed by atoms with Gasteiger partial charge in [-0.2, -0.15) is 11.8 Å². The Bertz CT molecular complexity index is 226. The van der Waals surface area contributed by atoms with Gasteiger partial charge in [0.1, 0.15) is 0 Å². The maximum atomic E-state index is 2.67. The summed E-state index contributed by atoms with van der Waals surface area (Å²) in [6, 6.07) is 0. The zero-order chi connectivity index (χ0) is 12.3. The third kappa shape index (κ3) is 3.62. The van der Waals surface area contributed by atoms with Crippen molar-refractivity contribution in [3.05, 3.63) is 0 Å². The smallest absolute Gasteiger partial charge is 0.00727 e. The molecule has 2 heterocycles. The van der Waals surface area contributed by atoms with E-state index in [0.717, 1.165) is 5.92 Å². The zero-order valence-electron chi connectivity index (χ0n) is 11.7. The number of hydrogen-bond acceptors (Lipinski definition) is 3. The highest BCUT2D eigenvalue weighted by Crippen LogP contribution is 2.40. The van der Waals surface area contributed by atoms with Gasteiger partial charge >= 0.3 is 0 Å². The molecule has 0 bridgehead atoms. The number of thioether (sulfide) groups is 1. The third-order valence-electron chi connectivity index (χ3n) is 4.27. The van der Waals surface area contributed by atoms with Crippen molar-refractivity contribution in [3.8, 4) is 0 Å². The average Bonchev–Trinajstić information content (AvgIpc) is 2.25. The highest BCUT2D eigenvalue weighted by molar-refractivity contribution is 7.98. The van der Waals surface area contributed by atoms with Crippen LogP contribution in [0.4, 0.5) is 0 Å². The monoisotopic (exact) mass is 256 g/mol. The Kier molecular flexibility index (Phi) is 4.79. The summed E-state index contributed by atoms with van der Waals surface area (Å²) in [5.74, 6) is 2.12. The van der Waals surface area contributed by atoms with Gasteiger partial charge in [-0.05, 0) is 43.5 Å². The summed E-state index contributed by atoms with van der Waals surface area (Å²) in [6.45, 7) is 12.7. The molecule has 0 N–H and O–H groups in total. The lowest BCUT2D eigenvalue weighted by Gasteiger charge is -2.54. The topological polar surface area (TPSA) is 6.48 Å². The van der Waals surface area contributed by atoms with Gasteiger partial charge in [0.15, 0.2) is 0 Å². The van der Waals surface area contributed by atoms with Crippen LogP contribution in [-0.4, -0.2) is 61.1 Å². The zero-order valence-corrected chi connectivity index (χ0v) is 12.6. The molecule has 100 valence electrons. The Morgan fingerprint density at radius 2 is 1.76 bits per heavy atom. The lowest BCUT2D eigenvalue weighted by atomic mass is 9.72. The molecule has 0 atom stereocenters. The van der Waals surface area contributed by atoms with Crippen molar-refractivity contribution in [1.82, 2.24) is 9.80 Å². The fraction of sp³-hybridized carbons (Fsp3) is 1.00. The second-order valence-corrected chi connectivity index (χ2v) is 7.38. The van der Waals surface area contributed by atoms with E-state index in [2.05, 4.69) is 29.9 Å². The molecule has 2 nitrogen and oxygen atoms in total. The van der Waals surface area contributed by atoms with E-state index in [1.54, 1.807) is 0 Å². The van der Waals surface area contributed by atoms with Crippen LogP contribution in [0.1, 0.15) is 26.7 Å². The summed E-state index contributed by atoms with van der Waals surface area (Å²) in [6.07, 6.45) is 5.09. The Balaban J connectivity index is 1.66. The molecule has 2 fully saturated rings. The van der Waals surface area contributed by atoms with Crippen molar-refractivity contribution in [3.63, 3.8) is 0 Å². The minimum absolute atomic E-state index is 0.714. The molecule has 2 saturated heterocycles. The molecule has 17 heavy (non-hydrogen) atoms. The van der Waals surface area contributed by atoms with E-state index in [4.69, 9.17) is 0 Å². The van der Waals surface area contributed by atoms with Gasteiger partial charge in [0.05, 0.1) is 0 Å². The SMILES string of the molecule is CSCCN1CC2(CCN(CC(C)C)CC2)C1. The Labute approximate surface area is 111 Å². The van der Waals surface area contributed by atoms with E-state index in [9.17, 15) is 0 Å². The molecule has 2 aliphatic rings. The van der Waals surface area contributed by atoms with Crippen molar-refractivity contribution < 1.29 is 0 Å². The van der Waals surface area contributed by atoms with E-state index in [1.807, 2.05) is 11.8 Å². The minimum atomic E-state index is 0.714. The predicted octanol–water partition coefficient (Wildman–Crippen LogP) is 2.40. The van der Waals surface area contributed by atoms with Crippen molar-refractivity contribution in [2.75, 3.05) is 51.3 Å². The van der Waals surface area contributed by atoms with Crippen LogP contribution in [0.2, 0.25) is 0 Å². The van der Waals surface area contributed by atoms with Crippen LogP contribution < -0.4 is 0 Å². The molecular formula is C14H28N2S. The van der Waals surface area contributed by atoms with Crippen LogP contribution in [0.25, 0.3) is 0 Å². The summed E-state index contributed by atoms with van der Waals surface area (Å²) in [7, 11) is 0. The van der Waals surface area contributed by atoms with E-state index in [0.29, 0.717) is 5.41 Å². The molecule has 0 aromatic heterocycles. The number of rotatable bonds is 5. The molecule has 2 aliphatic heterocycles. The molecule has 0 radical (unpaired) electrons. The van der Waals surface area contributed by atoms with Crippen molar-refractivity contribution >= 4 is 11.8 Å². The van der Waals surface area contributed by atoms with Gasteiger partial charge in [0.25, 0.3) is 0 Å². The van der Waals surface area contributed by atoms with Gasteiger partial charge in [0.2, 0.25) is 0 Å². The van der Waals surface area contributed by atoms with E-state index in [1.165, 1.54) is 57.9 Å². The van der Waals surface area contributed by atoms with Crippen molar-refractivity contribution in [2.45, 2.75) is 26.7 Å². The largest absolute Gasteiger partial charge is 0.303 e. The lowest BCUT2D eigenvalue weighted by molar-refractivity contribution is -0.0442. The lowest BCUT2D eigenvalue weighted by Crippen LogP contribution is -2.60. The van der Waals surface area contributed by atoms with E-state index >= 15 is 0 Å².